The molecule has 1 amide bonds. The number of benzene rings is 1. The lowest BCUT2D eigenvalue weighted by Gasteiger charge is -2.32. The van der Waals surface area contributed by atoms with Crippen molar-refractivity contribution in [3.05, 3.63) is 30.3 Å². The molecule has 1 aliphatic rings. The van der Waals surface area contributed by atoms with Crippen LogP contribution in [0.2, 0.25) is 0 Å². The number of para-hydroxylation sites is 1. The molecule has 0 aromatic heterocycles. The van der Waals surface area contributed by atoms with Crippen LogP contribution in [0.15, 0.2) is 30.3 Å². The Kier molecular flexibility index (Phi) is 5.38. The minimum absolute atomic E-state index is 0.136. The number of ether oxygens (including phenoxy) is 1. The largest absolute Gasteiger partial charge is 0.491 e. The minimum atomic E-state index is -0.478. The van der Waals surface area contributed by atoms with Crippen LogP contribution in [0.5, 0.6) is 5.75 Å². The van der Waals surface area contributed by atoms with Crippen LogP contribution in [0.4, 0.5) is 0 Å². The van der Waals surface area contributed by atoms with E-state index < -0.39 is 6.10 Å². The van der Waals surface area contributed by atoms with Crippen molar-refractivity contribution in [2.24, 2.45) is 0 Å². The summed E-state index contributed by atoms with van der Waals surface area (Å²) >= 11 is 0. The molecule has 0 spiro atoms. The van der Waals surface area contributed by atoms with Crippen molar-refractivity contribution >= 4 is 5.91 Å². The van der Waals surface area contributed by atoms with Gasteiger partial charge in [0.05, 0.1) is 26.2 Å². The van der Waals surface area contributed by atoms with Gasteiger partial charge in [-0.15, -0.1) is 0 Å². The highest BCUT2D eigenvalue weighted by atomic mass is 16.5. The second kappa shape index (κ2) is 7.26. The van der Waals surface area contributed by atoms with Crippen molar-refractivity contribution in [3.8, 4) is 5.75 Å². The third-order valence-electron chi connectivity index (χ3n) is 3.63. The number of nitrogens with one attached hydrogen (secondary N) is 1. The molecule has 0 unspecified atom stereocenters. The molecular formula is C15H23N2O3+. The fraction of sp³-hybridized carbons (Fsp3) is 0.533. The lowest BCUT2D eigenvalue weighted by atomic mass is 10.2. The summed E-state index contributed by atoms with van der Waals surface area (Å²) in [7, 11) is 0. The SMILES string of the molecule is CC(=O)N1CC[NH+](C[C@@H](O)COc2ccccc2)CC1. The van der Waals surface area contributed by atoms with E-state index in [4.69, 9.17) is 4.74 Å². The van der Waals surface area contributed by atoms with Gasteiger partial charge < -0.3 is 19.6 Å². The molecule has 1 aromatic carbocycles. The molecular weight excluding hydrogens is 256 g/mol. The Balaban J connectivity index is 1.68. The lowest BCUT2D eigenvalue weighted by Crippen LogP contribution is -3.15. The van der Waals surface area contributed by atoms with Crippen LogP contribution in [0.1, 0.15) is 6.92 Å². The van der Waals surface area contributed by atoms with E-state index in [2.05, 4.69) is 0 Å². The Bertz CT molecular complexity index is 416. The summed E-state index contributed by atoms with van der Waals surface area (Å²) in [6, 6.07) is 9.51. The normalized spacial score (nSPS) is 17.8. The van der Waals surface area contributed by atoms with Gasteiger partial charge in [-0.1, -0.05) is 18.2 Å². The highest BCUT2D eigenvalue weighted by Crippen LogP contribution is 2.08. The number of carbonyl (C=O) groups excluding carboxylic acids is 1. The molecule has 2 N–H and O–H groups in total. The van der Waals surface area contributed by atoms with Crippen LogP contribution in [0.3, 0.4) is 0 Å². The van der Waals surface area contributed by atoms with Gasteiger partial charge in [0.2, 0.25) is 5.91 Å². The number of rotatable bonds is 5. The van der Waals surface area contributed by atoms with Crippen LogP contribution >= 0.6 is 0 Å². The highest BCUT2D eigenvalue weighted by Gasteiger charge is 2.23. The van der Waals surface area contributed by atoms with Crippen LogP contribution < -0.4 is 9.64 Å². The van der Waals surface area contributed by atoms with Crippen molar-refractivity contribution in [1.29, 1.82) is 0 Å². The minimum Gasteiger partial charge on any atom is -0.491 e. The number of aliphatic hydroxyl groups excluding tert-OH is 1. The Morgan fingerprint density at radius 2 is 2.00 bits per heavy atom. The first-order valence-corrected chi connectivity index (χ1v) is 7.10. The van der Waals surface area contributed by atoms with Crippen molar-refractivity contribution in [1.82, 2.24) is 4.90 Å². The number of hydrogen-bond acceptors (Lipinski definition) is 3. The zero-order valence-electron chi connectivity index (χ0n) is 11.9. The standard InChI is InChI=1S/C15H22N2O3/c1-13(18)17-9-7-16(8-10-17)11-14(19)12-20-15-5-3-2-4-6-15/h2-6,14,19H,7-12H2,1H3/p+1/t14-/m1/s1. The molecule has 2 rings (SSSR count). The van der Waals surface area contributed by atoms with Gasteiger partial charge in [-0.05, 0) is 12.1 Å². The summed E-state index contributed by atoms with van der Waals surface area (Å²) in [6.07, 6.45) is -0.478. The van der Waals surface area contributed by atoms with Gasteiger partial charge >= 0.3 is 0 Å². The molecule has 0 aliphatic carbocycles. The third-order valence-corrected chi connectivity index (χ3v) is 3.63. The number of aliphatic hydroxyl groups is 1. The molecule has 0 bridgehead atoms. The monoisotopic (exact) mass is 279 g/mol. The van der Waals surface area contributed by atoms with Gasteiger partial charge in [0.15, 0.2) is 0 Å². The van der Waals surface area contributed by atoms with E-state index in [1.54, 1.807) is 6.92 Å². The molecule has 0 saturated carbocycles. The van der Waals surface area contributed by atoms with E-state index >= 15 is 0 Å². The van der Waals surface area contributed by atoms with Crippen molar-refractivity contribution in [2.45, 2.75) is 13.0 Å². The Hall–Kier alpha value is -1.59. The first kappa shape index (κ1) is 14.8. The molecule has 20 heavy (non-hydrogen) atoms. The summed E-state index contributed by atoms with van der Waals surface area (Å²) in [6.45, 7) is 5.91. The van der Waals surface area contributed by atoms with Crippen LogP contribution in [-0.2, 0) is 4.79 Å². The molecule has 1 aliphatic heterocycles. The topological polar surface area (TPSA) is 54.2 Å². The van der Waals surface area contributed by atoms with Gasteiger partial charge in [0, 0.05) is 6.92 Å². The second-order valence-corrected chi connectivity index (χ2v) is 5.24. The maximum Gasteiger partial charge on any atom is 0.219 e. The van der Waals surface area contributed by atoms with E-state index in [0.717, 1.165) is 31.9 Å². The molecule has 110 valence electrons. The Labute approximate surface area is 119 Å². The molecule has 1 fully saturated rings. The summed E-state index contributed by atoms with van der Waals surface area (Å²) in [5, 5.41) is 10.0. The maximum absolute atomic E-state index is 11.2. The van der Waals surface area contributed by atoms with Gasteiger partial charge in [0.1, 0.15) is 25.0 Å². The van der Waals surface area contributed by atoms with E-state index in [-0.39, 0.29) is 5.91 Å². The second-order valence-electron chi connectivity index (χ2n) is 5.24. The third kappa shape index (κ3) is 4.51. The van der Waals surface area contributed by atoms with Gasteiger partial charge in [0.25, 0.3) is 0 Å². The lowest BCUT2D eigenvalue weighted by molar-refractivity contribution is -0.907. The van der Waals surface area contributed by atoms with E-state index in [0.29, 0.717) is 13.2 Å². The molecule has 1 heterocycles. The highest BCUT2D eigenvalue weighted by molar-refractivity contribution is 5.73. The molecule has 5 nitrogen and oxygen atoms in total. The number of nitrogens with zero attached hydrogens (tertiary/aromatic N) is 1. The Morgan fingerprint density at radius 3 is 2.60 bits per heavy atom. The molecule has 1 saturated heterocycles. The Morgan fingerprint density at radius 1 is 1.35 bits per heavy atom. The average Bonchev–Trinajstić information content (AvgIpc) is 2.47. The van der Waals surface area contributed by atoms with E-state index in [1.165, 1.54) is 4.90 Å². The summed E-state index contributed by atoms with van der Waals surface area (Å²) in [5.41, 5.74) is 0. The zero-order chi connectivity index (χ0) is 14.4. The number of quaternary nitrogens is 1. The average molecular weight is 279 g/mol. The van der Waals surface area contributed by atoms with Gasteiger partial charge in [-0.3, -0.25) is 4.79 Å². The fourth-order valence-corrected chi connectivity index (χ4v) is 2.44. The predicted molar refractivity (Wildman–Crippen MR) is 75.8 cm³/mol. The van der Waals surface area contributed by atoms with Gasteiger partial charge in [-0.25, -0.2) is 0 Å². The fourth-order valence-electron chi connectivity index (χ4n) is 2.44. The van der Waals surface area contributed by atoms with E-state index in [1.807, 2.05) is 35.2 Å². The summed E-state index contributed by atoms with van der Waals surface area (Å²) < 4.78 is 5.54. The number of hydrogen-bond donors (Lipinski definition) is 2. The molecule has 1 aromatic rings. The summed E-state index contributed by atoms with van der Waals surface area (Å²) in [5.74, 6) is 0.917. The quantitative estimate of drug-likeness (QED) is 0.740. The number of amides is 1. The first-order valence-electron chi connectivity index (χ1n) is 7.10. The summed E-state index contributed by atoms with van der Waals surface area (Å²) in [4.78, 5) is 14.4. The number of piperazine rings is 1. The molecule has 1 atom stereocenters. The van der Waals surface area contributed by atoms with Crippen molar-refractivity contribution in [2.75, 3.05) is 39.3 Å². The maximum atomic E-state index is 11.2. The molecule has 0 radical (unpaired) electrons. The van der Waals surface area contributed by atoms with Crippen molar-refractivity contribution in [3.63, 3.8) is 0 Å². The molecule has 5 heteroatoms. The van der Waals surface area contributed by atoms with Crippen molar-refractivity contribution < 1.29 is 19.5 Å². The van der Waals surface area contributed by atoms with Crippen LogP contribution in [0, 0.1) is 0 Å². The zero-order valence-corrected chi connectivity index (χ0v) is 11.9. The van der Waals surface area contributed by atoms with Gasteiger partial charge in [-0.2, -0.15) is 0 Å². The van der Waals surface area contributed by atoms with Crippen LogP contribution in [-0.4, -0.2) is 61.3 Å². The predicted octanol–water partition coefficient (Wildman–Crippen LogP) is -0.827. The number of carbonyl (C=O) groups is 1. The smallest absolute Gasteiger partial charge is 0.219 e. The first-order chi connectivity index (χ1) is 9.65. The van der Waals surface area contributed by atoms with E-state index in [9.17, 15) is 9.90 Å². The van der Waals surface area contributed by atoms with Crippen LogP contribution in [0.25, 0.3) is 0 Å².